The number of hydrogen-bond acceptors (Lipinski definition) is 7. The summed E-state index contributed by atoms with van der Waals surface area (Å²) in [4.78, 5) is 41.7. The van der Waals surface area contributed by atoms with Crippen LogP contribution in [0, 0.1) is 0 Å². The van der Waals surface area contributed by atoms with Crippen LogP contribution in [-0.4, -0.2) is 50.5 Å². The first-order valence-electron chi connectivity index (χ1n) is 12.5. The molecule has 0 bridgehead atoms. The molecule has 4 rings (SSSR count). The fraction of sp³-hybridized carbons (Fsp3) is 0.276. The number of hydrogen-bond donors (Lipinski definition) is 2. The molecule has 0 spiro atoms. The second-order valence-corrected chi connectivity index (χ2v) is 9.76. The lowest BCUT2D eigenvalue weighted by Gasteiger charge is -2.34. The highest BCUT2D eigenvalue weighted by molar-refractivity contribution is 6.02. The topological polar surface area (TPSA) is 127 Å². The molecular weight excluding hydrogens is 498 g/mol. The number of phenols is 1. The van der Waals surface area contributed by atoms with E-state index in [-0.39, 0.29) is 17.9 Å². The van der Waals surface area contributed by atoms with Crippen LogP contribution in [0.3, 0.4) is 0 Å². The molecule has 10 nitrogen and oxygen atoms in total. The Bertz CT molecular complexity index is 1500. The molecule has 0 saturated carbocycles. The maximum atomic E-state index is 14.1. The summed E-state index contributed by atoms with van der Waals surface area (Å²) in [7, 11) is 1.27. The normalized spacial score (nSPS) is 12.1. The molecule has 1 atom stereocenters. The lowest BCUT2D eigenvalue weighted by atomic mass is 9.98. The number of nitrogens with zero attached hydrogens (tertiary/aromatic N) is 4. The minimum atomic E-state index is -1.13. The molecule has 1 heterocycles. The molecule has 1 aromatic heterocycles. The van der Waals surface area contributed by atoms with Gasteiger partial charge in [0.15, 0.2) is 0 Å². The molecule has 0 aliphatic rings. The number of anilines is 1. The van der Waals surface area contributed by atoms with Crippen LogP contribution in [0.4, 0.5) is 5.69 Å². The van der Waals surface area contributed by atoms with Crippen LogP contribution in [0.1, 0.15) is 49.2 Å². The van der Waals surface area contributed by atoms with Gasteiger partial charge in [0.1, 0.15) is 23.9 Å². The van der Waals surface area contributed by atoms with E-state index in [2.05, 4.69) is 15.6 Å². The van der Waals surface area contributed by atoms with Crippen molar-refractivity contribution in [3.63, 3.8) is 0 Å². The van der Waals surface area contributed by atoms with Crippen LogP contribution in [-0.2, 0) is 20.9 Å². The summed E-state index contributed by atoms with van der Waals surface area (Å²) in [5, 5.41) is 21.2. The zero-order chi connectivity index (χ0) is 28.2. The first-order chi connectivity index (χ1) is 18.6. The Hall–Kier alpha value is -4.73. The number of aromatic nitrogens is 3. The van der Waals surface area contributed by atoms with Crippen molar-refractivity contribution in [1.82, 2.24) is 20.3 Å². The molecule has 0 radical (unpaired) electrons. The van der Waals surface area contributed by atoms with Gasteiger partial charge in [-0.3, -0.25) is 14.5 Å². The molecule has 2 N–H and O–H groups in total. The maximum Gasteiger partial charge on any atom is 0.337 e. The van der Waals surface area contributed by atoms with Crippen molar-refractivity contribution in [3.05, 3.63) is 83.9 Å². The standard InChI is InChI=1S/C29H31N5O5/c1-5-29(2,3)30-27(37)26(19-13-15-22(35)16-14-19)34(21-10-8-9-20(17-21)28(38)39-4)25(36)18-33-24-12-7-6-11-23(24)31-32-33/h6-17,26,35H,5,18H2,1-4H3,(H,30,37). The number of nitrogens with one attached hydrogen (secondary N) is 1. The summed E-state index contributed by atoms with van der Waals surface area (Å²) >= 11 is 0. The van der Waals surface area contributed by atoms with E-state index in [0.717, 1.165) is 0 Å². The summed E-state index contributed by atoms with van der Waals surface area (Å²) in [6.07, 6.45) is 0.651. The summed E-state index contributed by atoms with van der Waals surface area (Å²) in [6, 6.07) is 18.6. The number of para-hydroxylation sites is 1. The van der Waals surface area contributed by atoms with Gasteiger partial charge in [-0.2, -0.15) is 0 Å². The van der Waals surface area contributed by atoms with Gasteiger partial charge in [0.2, 0.25) is 11.8 Å². The molecule has 39 heavy (non-hydrogen) atoms. The van der Waals surface area contributed by atoms with E-state index in [4.69, 9.17) is 4.74 Å². The summed E-state index contributed by atoms with van der Waals surface area (Å²) in [5.41, 5.74) is 1.73. The highest BCUT2D eigenvalue weighted by atomic mass is 16.5. The number of methoxy groups -OCH3 is 1. The van der Waals surface area contributed by atoms with Crippen LogP contribution in [0.2, 0.25) is 0 Å². The van der Waals surface area contributed by atoms with E-state index < -0.39 is 29.4 Å². The van der Waals surface area contributed by atoms with Gasteiger partial charge < -0.3 is 15.2 Å². The number of ether oxygens (including phenoxy) is 1. The Kier molecular flexibility index (Phi) is 7.94. The third-order valence-electron chi connectivity index (χ3n) is 6.58. The molecule has 3 aromatic carbocycles. The molecule has 202 valence electrons. The van der Waals surface area contributed by atoms with Crippen LogP contribution in [0.5, 0.6) is 5.75 Å². The van der Waals surface area contributed by atoms with Crippen molar-refractivity contribution in [1.29, 1.82) is 0 Å². The third kappa shape index (κ3) is 6.06. The SMILES string of the molecule is CCC(C)(C)NC(=O)C(c1ccc(O)cc1)N(C(=O)Cn1nnc2ccccc21)c1cccc(C(=O)OC)c1. The van der Waals surface area contributed by atoms with Gasteiger partial charge in [-0.15, -0.1) is 5.10 Å². The van der Waals surface area contributed by atoms with Gasteiger partial charge >= 0.3 is 5.97 Å². The van der Waals surface area contributed by atoms with Crippen molar-refractivity contribution in [2.45, 2.75) is 45.3 Å². The lowest BCUT2D eigenvalue weighted by Crippen LogP contribution is -2.51. The average Bonchev–Trinajstić information content (AvgIpc) is 3.34. The van der Waals surface area contributed by atoms with Crippen LogP contribution in [0.15, 0.2) is 72.8 Å². The number of amides is 2. The largest absolute Gasteiger partial charge is 0.508 e. The van der Waals surface area contributed by atoms with Crippen LogP contribution < -0.4 is 10.2 Å². The first-order valence-corrected chi connectivity index (χ1v) is 12.5. The molecule has 2 amide bonds. The molecule has 10 heteroatoms. The summed E-state index contributed by atoms with van der Waals surface area (Å²) in [5.74, 6) is -1.45. The number of phenolic OH excluding ortho intramolecular Hbond substituents is 1. The van der Waals surface area contributed by atoms with Crippen molar-refractivity contribution < 1.29 is 24.2 Å². The van der Waals surface area contributed by atoms with Gasteiger partial charge in [0.25, 0.3) is 0 Å². The van der Waals surface area contributed by atoms with Gasteiger partial charge in [0.05, 0.1) is 18.2 Å². The Morgan fingerprint density at radius 2 is 1.77 bits per heavy atom. The summed E-state index contributed by atoms with van der Waals surface area (Å²) < 4.78 is 6.35. The van der Waals surface area contributed by atoms with Crippen LogP contribution >= 0.6 is 0 Å². The maximum absolute atomic E-state index is 14.1. The predicted octanol–water partition coefficient (Wildman–Crippen LogP) is 4.00. The highest BCUT2D eigenvalue weighted by Crippen LogP contribution is 2.31. The van der Waals surface area contributed by atoms with Crippen LogP contribution in [0.25, 0.3) is 11.0 Å². The zero-order valence-corrected chi connectivity index (χ0v) is 22.3. The number of rotatable bonds is 9. The minimum Gasteiger partial charge on any atom is -0.508 e. The second-order valence-electron chi connectivity index (χ2n) is 9.76. The fourth-order valence-corrected chi connectivity index (χ4v) is 4.14. The highest BCUT2D eigenvalue weighted by Gasteiger charge is 2.35. The molecular formula is C29H31N5O5. The van der Waals surface area contributed by atoms with Crippen molar-refractivity contribution in [3.8, 4) is 5.75 Å². The lowest BCUT2D eigenvalue weighted by molar-refractivity contribution is -0.128. The first kappa shape index (κ1) is 27.3. The van der Waals surface area contributed by atoms with E-state index in [0.29, 0.717) is 28.7 Å². The van der Waals surface area contributed by atoms with Gasteiger partial charge in [-0.1, -0.05) is 42.5 Å². The predicted molar refractivity (Wildman–Crippen MR) is 146 cm³/mol. The van der Waals surface area contributed by atoms with E-state index in [9.17, 15) is 19.5 Å². The minimum absolute atomic E-state index is 0.0199. The zero-order valence-electron chi connectivity index (χ0n) is 22.3. The van der Waals surface area contributed by atoms with E-state index >= 15 is 0 Å². The van der Waals surface area contributed by atoms with Crippen molar-refractivity contribution >= 4 is 34.5 Å². The van der Waals surface area contributed by atoms with Gasteiger partial charge in [0, 0.05) is 11.2 Å². The number of carbonyl (C=O) groups excluding carboxylic acids is 3. The molecule has 0 aliphatic heterocycles. The number of esters is 1. The summed E-state index contributed by atoms with van der Waals surface area (Å²) in [6.45, 7) is 5.52. The second kappa shape index (κ2) is 11.3. The molecule has 4 aromatic rings. The Labute approximate surface area is 226 Å². The third-order valence-corrected chi connectivity index (χ3v) is 6.58. The smallest absolute Gasteiger partial charge is 0.337 e. The van der Waals surface area contributed by atoms with E-state index in [1.54, 1.807) is 42.5 Å². The molecule has 1 unspecified atom stereocenters. The Balaban J connectivity index is 1.86. The fourth-order valence-electron chi connectivity index (χ4n) is 4.14. The molecule has 0 fully saturated rings. The number of benzene rings is 3. The molecule has 0 aliphatic carbocycles. The number of carbonyl (C=O) groups is 3. The van der Waals surface area contributed by atoms with E-state index in [1.165, 1.54) is 34.9 Å². The average molecular weight is 530 g/mol. The van der Waals surface area contributed by atoms with Gasteiger partial charge in [-0.25, -0.2) is 9.48 Å². The Morgan fingerprint density at radius 3 is 2.46 bits per heavy atom. The Morgan fingerprint density at radius 1 is 1.05 bits per heavy atom. The quantitative estimate of drug-likeness (QED) is 0.314. The molecule has 0 saturated heterocycles. The van der Waals surface area contributed by atoms with Gasteiger partial charge in [-0.05, 0) is 68.3 Å². The van der Waals surface area contributed by atoms with Crippen molar-refractivity contribution in [2.75, 3.05) is 12.0 Å². The van der Waals surface area contributed by atoms with Crippen molar-refractivity contribution in [2.24, 2.45) is 0 Å². The number of aromatic hydroxyl groups is 1. The number of fused-ring (bicyclic) bond motifs is 1. The van der Waals surface area contributed by atoms with E-state index in [1.807, 2.05) is 32.9 Å². The monoisotopic (exact) mass is 529 g/mol.